The molecule has 2 N–H and O–H groups in total. The molecule has 1 saturated carbocycles. The second kappa shape index (κ2) is 9.35. The Balaban J connectivity index is 1.43. The number of nitrogens with zero attached hydrogens (tertiary/aromatic N) is 4. The molecule has 26 heavy (non-hydrogen) atoms. The summed E-state index contributed by atoms with van der Waals surface area (Å²) in [5.41, 5.74) is 0. The van der Waals surface area contributed by atoms with Gasteiger partial charge in [0.15, 0.2) is 11.8 Å². The fraction of sp³-hybridized carbons (Fsp3) is 0.842. The molecule has 1 aliphatic heterocycles. The van der Waals surface area contributed by atoms with Gasteiger partial charge < -0.3 is 15.4 Å². The van der Waals surface area contributed by atoms with E-state index in [4.69, 9.17) is 4.74 Å². The first-order valence-corrected chi connectivity index (χ1v) is 10.1. The second-order valence-electron chi connectivity index (χ2n) is 7.86. The van der Waals surface area contributed by atoms with Crippen molar-refractivity contribution in [1.82, 2.24) is 25.4 Å². The number of hydrogen-bond donors (Lipinski definition) is 2. The van der Waals surface area contributed by atoms with Gasteiger partial charge in [0.25, 0.3) is 0 Å². The van der Waals surface area contributed by atoms with Crippen molar-refractivity contribution in [3.63, 3.8) is 0 Å². The Bertz CT molecular complexity index is 599. The first-order chi connectivity index (χ1) is 12.7. The summed E-state index contributed by atoms with van der Waals surface area (Å²) in [6.45, 7) is 4.68. The van der Waals surface area contributed by atoms with E-state index in [0.717, 1.165) is 55.4 Å². The number of guanidine groups is 1. The third kappa shape index (κ3) is 5.19. The molecule has 3 rings (SSSR count). The van der Waals surface area contributed by atoms with Gasteiger partial charge in [-0.15, -0.1) is 0 Å². The van der Waals surface area contributed by atoms with Crippen LogP contribution in [0.5, 0.6) is 0 Å². The summed E-state index contributed by atoms with van der Waals surface area (Å²) in [6, 6.07) is 0.334. The second-order valence-corrected chi connectivity index (χ2v) is 7.86. The van der Waals surface area contributed by atoms with Crippen molar-refractivity contribution in [2.75, 3.05) is 20.7 Å². The van der Waals surface area contributed by atoms with Gasteiger partial charge in [-0.3, -0.25) is 4.99 Å². The molecule has 1 aromatic heterocycles. The van der Waals surface area contributed by atoms with E-state index in [1.54, 1.807) is 7.11 Å². The summed E-state index contributed by atoms with van der Waals surface area (Å²) in [5.74, 6) is 4.50. The van der Waals surface area contributed by atoms with Crippen LogP contribution in [0.3, 0.4) is 0 Å². The molecule has 3 unspecified atom stereocenters. The molecule has 7 nitrogen and oxygen atoms in total. The molecule has 0 bridgehead atoms. The van der Waals surface area contributed by atoms with E-state index >= 15 is 0 Å². The van der Waals surface area contributed by atoms with Crippen LogP contribution >= 0.6 is 0 Å². The van der Waals surface area contributed by atoms with Gasteiger partial charge in [-0.05, 0) is 31.1 Å². The number of aliphatic imine (C=N–C) groups is 1. The number of hydrogen-bond acceptors (Lipinski definition) is 4. The monoisotopic (exact) mass is 362 g/mol. The maximum atomic E-state index is 5.13. The van der Waals surface area contributed by atoms with E-state index in [-0.39, 0.29) is 0 Å². The predicted octanol–water partition coefficient (Wildman–Crippen LogP) is 2.12. The van der Waals surface area contributed by atoms with Crippen LogP contribution in [0.4, 0.5) is 0 Å². The minimum absolute atomic E-state index is 0.334. The van der Waals surface area contributed by atoms with Crippen LogP contribution in [0.2, 0.25) is 0 Å². The van der Waals surface area contributed by atoms with Crippen molar-refractivity contribution in [2.45, 2.75) is 71.1 Å². The average molecular weight is 363 g/mol. The molecular formula is C19H34N6O. The van der Waals surface area contributed by atoms with Crippen molar-refractivity contribution in [3.05, 3.63) is 11.6 Å². The first kappa shape index (κ1) is 19.1. The number of nitrogens with one attached hydrogen (secondary N) is 2. The third-order valence-corrected chi connectivity index (χ3v) is 5.63. The highest BCUT2D eigenvalue weighted by Crippen LogP contribution is 2.30. The molecule has 2 heterocycles. The van der Waals surface area contributed by atoms with E-state index in [2.05, 4.69) is 32.6 Å². The highest BCUT2D eigenvalue weighted by Gasteiger charge is 2.23. The molecule has 1 aliphatic carbocycles. The Morgan fingerprint density at radius 1 is 1.35 bits per heavy atom. The normalized spacial score (nSPS) is 26.4. The first-order valence-electron chi connectivity index (χ1n) is 10.1. The lowest BCUT2D eigenvalue weighted by Gasteiger charge is -2.28. The van der Waals surface area contributed by atoms with Gasteiger partial charge in [0.05, 0.1) is 6.54 Å². The Hall–Kier alpha value is -1.63. The van der Waals surface area contributed by atoms with Gasteiger partial charge in [-0.1, -0.05) is 26.2 Å². The fourth-order valence-corrected chi connectivity index (χ4v) is 4.27. The highest BCUT2D eigenvalue weighted by atomic mass is 16.5. The Morgan fingerprint density at radius 3 is 3.00 bits per heavy atom. The Labute approximate surface area is 157 Å². The minimum atomic E-state index is 0.334. The number of ether oxygens (including phenoxy) is 1. The van der Waals surface area contributed by atoms with E-state index in [9.17, 15) is 0 Å². The maximum Gasteiger partial charge on any atom is 0.191 e. The van der Waals surface area contributed by atoms with Crippen molar-refractivity contribution < 1.29 is 4.74 Å². The lowest BCUT2D eigenvalue weighted by Crippen LogP contribution is -2.47. The van der Waals surface area contributed by atoms with E-state index in [0.29, 0.717) is 12.6 Å². The standard InChI is InChI=1S/C19H34N6O/c1-14-5-4-6-15(11-14)9-10-21-19(20-2)22-16-7-8-18-23-17(13-26-3)24-25(18)12-16/h14-16H,4-13H2,1-3H3,(H2,20,21,22). The molecule has 0 spiro atoms. The molecule has 2 aliphatic rings. The molecule has 0 amide bonds. The zero-order valence-corrected chi connectivity index (χ0v) is 16.5. The van der Waals surface area contributed by atoms with Crippen molar-refractivity contribution >= 4 is 5.96 Å². The van der Waals surface area contributed by atoms with Crippen LogP contribution in [-0.2, 0) is 24.3 Å². The van der Waals surface area contributed by atoms with Crippen molar-refractivity contribution in [3.8, 4) is 0 Å². The molecule has 0 radical (unpaired) electrons. The largest absolute Gasteiger partial charge is 0.377 e. The maximum absolute atomic E-state index is 5.13. The quantitative estimate of drug-likeness (QED) is 0.599. The molecule has 7 heteroatoms. The van der Waals surface area contributed by atoms with Gasteiger partial charge in [0, 0.05) is 33.2 Å². The molecule has 146 valence electrons. The van der Waals surface area contributed by atoms with Gasteiger partial charge in [0.1, 0.15) is 12.4 Å². The van der Waals surface area contributed by atoms with Gasteiger partial charge in [-0.2, -0.15) is 5.10 Å². The average Bonchev–Trinajstić information content (AvgIpc) is 3.03. The van der Waals surface area contributed by atoms with Crippen molar-refractivity contribution in [2.24, 2.45) is 16.8 Å². The smallest absolute Gasteiger partial charge is 0.191 e. The van der Waals surface area contributed by atoms with Crippen LogP contribution in [0.1, 0.15) is 57.1 Å². The fourth-order valence-electron chi connectivity index (χ4n) is 4.27. The summed E-state index contributed by atoms with van der Waals surface area (Å²) in [4.78, 5) is 8.93. The summed E-state index contributed by atoms with van der Waals surface area (Å²) >= 11 is 0. The Kier molecular flexibility index (Phi) is 6.88. The molecule has 1 aromatic rings. The van der Waals surface area contributed by atoms with Crippen LogP contribution in [-0.4, -0.2) is 47.5 Å². The number of fused-ring (bicyclic) bond motifs is 1. The van der Waals surface area contributed by atoms with Gasteiger partial charge >= 0.3 is 0 Å². The summed E-state index contributed by atoms with van der Waals surface area (Å²) in [7, 11) is 3.52. The van der Waals surface area contributed by atoms with E-state index < -0.39 is 0 Å². The van der Waals surface area contributed by atoms with Crippen LogP contribution in [0, 0.1) is 11.8 Å². The molecule has 3 atom stereocenters. The minimum Gasteiger partial charge on any atom is -0.377 e. The number of aryl methyl sites for hydroxylation is 1. The highest BCUT2D eigenvalue weighted by molar-refractivity contribution is 5.79. The summed E-state index contributed by atoms with van der Waals surface area (Å²) < 4.78 is 7.14. The SMILES string of the molecule is CN=C(NCCC1CCCC(C)C1)NC1CCc2nc(COC)nn2C1. The van der Waals surface area contributed by atoms with Crippen LogP contribution < -0.4 is 10.6 Å². The number of aromatic nitrogens is 3. The number of rotatable bonds is 6. The summed E-state index contributed by atoms with van der Waals surface area (Å²) in [6.07, 6.45) is 8.80. The van der Waals surface area contributed by atoms with E-state index in [1.807, 2.05) is 11.7 Å². The van der Waals surface area contributed by atoms with Crippen LogP contribution in [0.25, 0.3) is 0 Å². The lowest BCUT2D eigenvalue weighted by molar-refractivity contribution is 0.177. The molecule has 1 fully saturated rings. The molecule has 0 aromatic carbocycles. The molecular weight excluding hydrogens is 328 g/mol. The van der Waals surface area contributed by atoms with Gasteiger partial charge in [0.2, 0.25) is 0 Å². The van der Waals surface area contributed by atoms with Crippen molar-refractivity contribution in [1.29, 1.82) is 0 Å². The summed E-state index contributed by atoms with van der Waals surface area (Å²) in [5, 5.41) is 11.6. The topological polar surface area (TPSA) is 76.4 Å². The third-order valence-electron chi connectivity index (χ3n) is 5.63. The predicted molar refractivity (Wildman–Crippen MR) is 103 cm³/mol. The zero-order valence-electron chi connectivity index (χ0n) is 16.5. The molecule has 0 saturated heterocycles. The Morgan fingerprint density at radius 2 is 2.23 bits per heavy atom. The van der Waals surface area contributed by atoms with Crippen LogP contribution in [0.15, 0.2) is 4.99 Å². The van der Waals surface area contributed by atoms with Gasteiger partial charge in [-0.25, -0.2) is 9.67 Å². The number of methoxy groups -OCH3 is 1. The zero-order chi connectivity index (χ0) is 18.4. The van der Waals surface area contributed by atoms with E-state index in [1.165, 1.54) is 32.1 Å². The lowest BCUT2D eigenvalue weighted by atomic mass is 9.81.